The Morgan fingerprint density at radius 1 is 1.47 bits per heavy atom. The van der Waals surface area contributed by atoms with Gasteiger partial charge in [-0.1, -0.05) is 0 Å². The van der Waals surface area contributed by atoms with Crippen LogP contribution < -0.4 is 5.32 Å². The van der Waals surface area contributed by atoms with E-state index in [0.29, 0.717) is 12.2 Å². The molecule has 0 amide bonds. The molecule has 3 aliphatic heterocycles. The first-order valence-corrected chi connectivity index (χ1v) is 6.98. The van der Waals surface area contributed by atoms with Crippen molar-refractivity contribution >= 4 is 5.96 Å². The molecule has 4 nitrogen and oxygen atoms in total. The quantitative estimate of drug-likeness (QED) is 0.802. The molecule has 4 heteroatoms. The van der Waals surface area contributed by atoms with E-state index in [1.165, 1.54) is 32.1 Å². The molecular formula is C13H23N3O. The number of guanidine groups is 1. The molecule has 3 aliphatic rings. The number of hydrogen-bond acceptors (Lipinski definition) is 4. The van der Waals surface area contributed by atoms with Crippen LogP contribution in [0, 0.1) is 5.92 Å². The molecule has 0 aromatic rings. The summed E-state index contributed by atoms with van der Waals surface area (Å²) in [5.74, 6) is 1.87. The molecule has 0 aliphatic carbocycles. The Labute approximate surface area is 103 Å². The lowest BCUT2D eigenvalue weighted by atomic mass is 9.87. The van der Waals surface area contributed by atoms with Gasteiger partial charge in [0.1, 0.15) is 0 Å². The maximum atomic E-state index is 5.88. The van der Waals surface area contributed by atoms with Crippen molar-refractivity contribution in [1.82, 2.24) is 10.2 Å². The highest BCUT2D eigenvalue weighted by molar-refractivity contribution is 5.80. The number of nitrogens with zero attached hydrogens (tertiary/aromatic N) is 2. The Balaban J connectivity index is 1.42. The molecule has 2 saturated heterocycles. The van der Waals surface area contributed by atoms with Gasteiger partial charge in [-0.15, -0.1) is 0 Å². The molecule has 0 radical (unpaired) electrons. The van der Waals surface area contributed by atoms with Gasteiger partial charge >= 0.3 is 0 Å². The molecule has 0 aromatic carbocycles. The number of aliphatic imine (C=N–C) groups is 1. The SMILES string of the molecule is CN1CCCN=C1NCCC1CC2CCC1O2. The molecule has 0 saturated carbocycles. The minimum atomic E-state index is 0.563. The van der Waals surface area contributed by atoms with Crippen LogP contribution in [0.2, 0.25) is 0 Å². The van der Waals surface area contributed by atoms with E-state index < -0.39 is 0 Å². The first kappa shape index (κ1) is 11.3. The lowest BCUT2D eigenvalue weighted by Crippen LogP contribution is -2.43. The van der Waals surface area contributed by atoms with Crippen LogP contribution in [0.3, 0.4) is 0 Å². The van der Waals surface area contributed by atoms with E-state index in [0.717, 1.165) is 31.5 Å². The van der Waals surface area contributed by atoms with E-state index in [9.17, 15) is 0 Å². The zero-order valence-electron chi connectivity index (χ0n) is 10.7. The number of hydrogen-bond donors (Lipinski definition) is 1. The topological polar surface area (TPSA) is 36.9 Å². The van der Waals surface area contributed by atoms with Crippen LogP contribution in [-0.4, -0.2) is 49.7 Å². The summed E-state index contributed by atoms with van der Waals surface area (Å²) in [4.78, 5) is 6.75. The summed E-state index contributed by atoms with van der Waals surface area (Å²) >= 11 is 0. The predicted molar refractivity (Wildman–Crippen MR) is 68.2 cm³/mol. The fourth-order valence-corrected chi connectivity index (χ4v) is 3.33. The molecule has 3 heterocycles. The van der Waals surface area contributed by atoms with Gasteiger partial charge in [-0.05, 0) is 38.0 Å². The summed E-state index contributed by atoms with van der Waals surface area (Å²) in [6.07, 6.45) is 7.43. The van der Waals surface area contributed by atoms with Crippen molar-refractivity contribution in [3.05, 3.63) is 0 Å². The van der Waals surface area contributed by atoms with Crippen molar-refractivity contribution in [2.75, 3.05) is 26.7 Å². The zero-order valence-corrected chi connectivity index (χ0v) is 10.7. The van der Waals surface area contributed by atoms with Crippen molar-refractivity contribution < 1.29 is 4.74 Å². The normalized spacial score (nSPS) is 36.2. The first-order valence-electron chi connectivity index (χ1n) is 6.98. The first-order chi connectivity index (χ1) is 8.33. The van der Waals surface area contributed by atoms with Gasteiger partial charge in [0.25, 0.3) is 0 Å². The van der Waals surface area contributed by atoms with Crippen molar-refractivity contribution in [3.8, 4) is 0 Å². The average molecular weight is 237 g/mol. The van der Waals surface area contributed by atoms with Crippen LogP contribution in [0.25, 0.3) is 0 Å². The molecule has 17 heavy (non-hydrogen) atoms. The molecule has 3 atom stereocenters. The molecular weight excluding hydrogens is 214 g/mol. The van der Waals surface area contributed by atoms with E-state index >= 15 is 0 Å². The van der Waals surface area contributed by atoms with Crippen molar-refractivity contribution in [3.63, 3.8) is 0 Å². The van der Waals surface area contributed by atoms with Gasteiger partial charge in [0, 0.05) is 26.7 Å². The van der Waals surface area contributed by atoms with Gasteiger partial charge in [0.15, 0.2) is 5.96 Å². The van der Waals surface area contributed by atoms with E-state index in [-0.39, 0.29) is 0 Å². The maximum Gasteiger partial charge on any atom is 0.193 e. The highest BCUT2D eigenvalue weighted by atomic mass is 16.5. The third kappa shape index (κ3) is 2.41. The summed E-state index contributed by atoms with van der Waals surface area (Å²) in [6, 6.07) is 0. The van der Waals surface area contributed by atoms with Gasteiger partial charge < -0.3 is 15.0 Å². The van der Waals surface area contributed by atoms with E-state index in [2.05, 4.69) is 22.3 Å². The summed E-state index contributed by atoms with van der Waals surface area (Å²) in [5, 5.41) is 3.48. The molecule has 96 valence electrons. The third-order valence-electron chi connectivity index (χ3n) is 4.30. The number of nitrogens with one attached hydrogen (secondary N) is 1. The summed E-state index contributed by atoms with van der Waals surface area (Å²) in [5.41, 5.74) is 0. The van der Waals surface area contributed by atoms with Crippen LogP contribution in [-0.2, 0) is 4.74 Å². The molecule has 0 spiro atoms. The second kappa shape index (κ2) is 4.84. The van der Waals surface area contributed by atoms with E-state index in [4.69, 9.17) is 4.74 Å². The largest absolute Gasteiger partial charge is 0.375 e. The van der Waals surface area contributed by atoms with Gasteiger partial charge in [0.05, 0.1) is 12.2 Å². The Hall–Kier alpha value is -0.770. The Morgan fingerprint density at radius 2 is 2.41 bits per heavy atom. The fourth-order valence-electron chi connectivity index (χ4n) is 3.33. The molecule has 2 fully saturated rings. The van der Waals surface area contributed by atoms with Gasteiger partial charge in [-0.3, -0.25) is 4.99 Å². The highest BCUT2D eigenvalue weighted by Crippen LogP contribution is 2.40. The minimum Gasteiger partial charge on any atom is -0.375 e. The van der Waals surface area contributed by atoms with E-state index in [1.54, 1.807) is 0 Å². The van der Waals surface area contributed by atoms with Crippen LogP contribution in [0.4, 0.5) is 0 Å². The predicted octanol–water partition coefficient (Wildman–Crippen LogP) is 1.23. The molecule has 0 aromatic heterocycles. The summed E-state index contributed by atoms with van der Waals surface area (Å²) < 4.78 is 5.88. The standard InChI is InChI=1S/C13H23N3O/c1-16-8-2-6-14-13(16)15-7-5-10-9-11-3-4-12(10)17-11/h10-12H,2-9H2,1H3,(H,14,15). The van der Waals surface area contributed by atoms with Gasteiger partial charge in [0.2, 0.25) is 0 Å². The second-order valence-corrected chi connectivity index (χ2v) is 5.57. The highest BCUT2D eigenvalue weighted by Gasteiger charge is 2.40. The minimum absolute atomic E-state index is 0.563. The Bertz CT molecular complexity index is 305. The molecule has 1 N–H and O–H groups in total. The molecule has 3 unspecified atom stereocenters. The van der Waals surface area contributed by atoms with Crippen molar-refractivity contribution in [2.45, 2.75) is 44.3 Å². The maximum absolute atomic E-state index is 5.88. The average Bonchev–Trinajstić information content (AvgIpc) is 2.94. The zero-order chi connectivity index (χ0) is 11.7. The van der Waals surface area contributed by atoms with Crippen LogP contribution >= 0.6 is 0 Å². The molecule has 3 rings (SSSR count). The van der Waals surface area contributed by atoms with Crippen LogP contribution in [0.1, 0.15) is 32.1 Å². The van der Waals surface area contributed by atoms with Crippen molar-refractivity contribution in [2.24, 2.45) is 10.9 Å². The second-order valence-electron chi connectivity index (χ2n) is 5.57. The summed E-state index contributed by atoms with van der Waals surface area (Å²) in [6.45, 7) is 3.15. The van der Waals surface area contributed by atoms with Gasteiger partial charge in [-0.2, -0.15) is 0 Å². The Kier molecular flexibility index (Phi) is 3.23. The monoisotopic (exact) mass is 237 g/mol. The number of ether oxygens (including phenoxy) is 1. The fraction of sp³-hybridized carbons (Fsp3) is 0.923. The Morgan fingerprint density at radius 3 is 3.12 bits per heavy atom. The number of rotatable bonds is 3. The lowest BCUT2D eigenvalue weighted by Gasteiger charge is -2.26. The van der Waals surface area contributed by atoms with E-state index in [1.807, 2.05) is 0 Å². The lowest BCUT2D eigenvalue weighted by molar-refractivity contribution is 0.0914. The number of fused-ring (bicyclic) bond motifs is 2. The van der Waals surface area contributed by atoms with Gasteiger partial charge in [-0.25, -0.2) is 0 Å². The smallest absolute Gasteiger partial charge is 0.193 e. The van der Waals surface area contributed by atoms with Crippen LogP contribution in [0.5, 0.6) is 0 Å². The van der Waals surface area contributed by atoms with Crippen LogP contribution in [0.15, 0.2) is 4.99 Å². The summed E-state index contributed by atoms with van der Waals surface area (Å²) in [7, 11) is 2.12. The van der Waals surface area contributed by atoms with Crippen molar-refractivity contribution in [1.29, 1.82) is 0 Å². The molecule has 2 bridgehead atoms. The third-order valence-corrected chi connectivity index (χ3v) is 4.30.